The van der Waals surface area contributed by atoms with Crippen LogP contribution >= 0.6 is 0 Å². The Labute approximate surface area is 147 Å². The van der Waals surface area contributed by atoms with Gasteiger partial charge in [-0.3, -0.25) is 4.79 Å². The first kappa shape index (κ1) is 17.6. The Morgan fingerprint density at radius 2 is 1.92 bits per heavy atom. The summed E-state index contributed by atoms with van der Waals surface area (Å²) in [5.41, 5.74) is 0.712. The number of amides is 1. The molecule has 1 amide bonds. The van der Waals surface area contributed by atoms with Gasteiger partial charge in [-0.25, -0.2) is 4.39 Å². The second-order valence-electron chi connectivity index (χ2n) is 7.12. The number of benzene rings is 1. The van der Waals surface area contributed by atoms with Crippen LogP contribution in [0.3, 0.4) is 0 Å². The van der Waals surface area contributed by atoms with Crippen LogP contribution in [0.1, 0.15) is 39.0 Å². The monoisotopic (exact) mass is 345 g/mol. The molecule has 2 heterocycles. The van der Waals surface area contributed by atoms with Crippen molar-refractivity contribution in [2.45, 2.75) is 39.5 Å². The van der Waals surface area contributed by atoms with Crippen LogP contribution in [0.4, 0.5) is 4.39 Å². The highest BCUT2D eigenvalue weighted by molar-refractivity contribution is 5.76. The molecule has 1 aromatic heterocycles. The van der Waals surface area contributed by atoms with Crippen molar-refractivity contribution < 1.29 is 13.7 Å². The Hall–Kier alpha value is -2.24. The summed E-state index contributed by atoms with van der Waals surface area (Å²) >= 11 is 0. The van der Waals surface area contributed by atoms with Gasteiger partial charge in [-0.15, -0.1) is 0 Å². The molecule has 1 aromatic carbocycles. The van der Waals surface area contributed by atoms with Crippen molar-refractivity contribution in [1.82, 2.24) is 15.0 Å². The lowest BCUT2D eigenvalue weighted by molar-refractivity contribution is -0.134. The predicted molar refractivity (Wildman–Crippen MR) is 92.2 cm³/mol. The van der Waals surface area contributed by atoms with E-state index in [-0.39, 0.29) is 11.7 Å². The minimum Gasteiger partial charge on any atom is -0.342 e. The lowest BCUT2D eigenvalue weighted by atomic mass is 9.91. The van der Waals surface area contributed by atoms with E-state index in [0.717, 1.165) is 13.1 Å². The Morgan fingerprint density at radius 3 is 2.60 bits per heavy atom. The third-order valence-electron chi connectivity index (χ3n) is 4.57. The van der Waals surface area contributed by atoms with Gasteiger partial charge in [0, 0.05) is 31.5 Å². The van der Waals surface area contributed by atoms with E-state index < -0.39 is 0 Å². The van der Waals surface area contributed by atoms with Gasteiger partial charge < -0.3 is 9.42 Å². The fourth-order valence-corrected chi connectivity index (χ4v) is 3.49. The molecule has 25 heavy (non-hydrogen) atoms. The quantitative estimate of drug-likeness (QED) is 0.829. The van der Waals surface area contributed by atoms with Crippen LogP contribution in [0.25, 0.3) is 11.4 Å². The minimum atomic E-state index is -0.299. The summed E-state index contributed by atoms with van der Waals surface area (Å²) in [6.45, 7) is 6.12. The van der Waals surface area contributed by atoms with Crippen LogP contribution in [0, 0.1) is 17.7 Å². The highest BCUT2D eigenvalue weighted by Crippen LogP contribution is 2.22. The third-order valence-corrected chi connectivity index (χ3v) is 4.57. The fourth-order valence-electron chi connectivity index (χ4n) is 3.49. The molecule has 3 rings (SSSR count). The number of halogens is 1. The van der Waals surface area contributed by atoms with E-state index >= 15 is 0 Å². The van der Waals surface area contributed by atoms with Crippen LogP contribution in [-0.4, -0.2) is 34.0 Å². The summed E-state index contributed by atoms with van der Waals surface area (Å²) < 4.78 is 18.2. The third kappa shape index (κ3) is 4.65. The van der Waals surface area contributed by atoms with E-state index in [4.69, 9.17) is 4.52 Å². The van der Waals surface area contributed by atoms with Crippen LogP contribution < -0.4 is 0 Å². The molecular formula is C19H24FN3O2. The smallest absolute Gasteiger partial charge is 0.226 e. The van der Waals surface area contributed by atoms with Gasteiger partial charge in [-0.2, -0.15) is 4.98 Å². The van der Waals surface area contributed by atoms with E-state index in [1.54, 1.807) is 12.1 Å². The number of nitrogens with zero attached hydrogens (tertiary/aromatic N) is 3. The maximum absolute atomic E-state index is 13.0. The van der Waals surface area contributed by atoms with Crippen molar-refractivity contribution >= 4 is 5.91 Å². The molecule has 6 heteroatoms. The van der Waals surface area contributed by atoms with Crippen LogP contribution in [0.15, 0.2) is 28.8 Å². The summed E-state index contributed by atoms with van der Waals surface area (Å²) in [5, 5.41) is 3.92. The first-order chi connectivity index (χ1) is 12.0. The number of aromatic nitrogens is 2. The summed E-state index contributed by atoms with van der Waals surface area (Å²) in [5.74, 6) is 2.00. The molecule has 134 valence electrons. The molecule has 1 aliphatic rings. The van der Waals surface area contributed by atoms with Gasteiger partial charge in [0.2, 0.25) is 17.6 Å². The molecule has 1 fully saturated rings. The van der Waals surface area contributed by atoms with Crippen LogP contribution in [0.2, 0.25) is 0 Å². The Kier molecular flexibility index (Phi) is 5.46. The van der Waals surface area contributed by atoms with Crippen molar-refractivity contribution in [3.63, 3.8) is 0 Å². The average molecular weight is 345 g/mol. The standard InChI is InChI=1S/C19H24FN3O2/c1-13-10-14(2)12-23(11-13)18(24)5-3-4-17-21-19(22-25-17)15-6-8-16(20)9-7-15/h6-9,13-14H,3-5,10-12H2,1-2H3/t13-,14+. The molecule has 0 aliphatic carbocycles. The van der Waals surface area contributed by atoms with E-state index in [0.29, 0.717) is 48.4 Å². The van der Waals surface area contributed by atoms with Crippen LogP contribution in [-0.2, 0) is 11.2 Å². The van der Waals surface area contributed by atoms with E-state index in [9.17, 15) is 9.18 Å². The Bertz CT molecular complexity index is 704. The molecule has 0 radical (unpaired) electrons. The van der Waals surface area contributed by atoms with Crippen molar-refractivity contribution in [3.05, 3.63) is 36.0 Å². The number of carbonyl (C=O) groups excluding carboxylic acids is 1. The first-order valence-corrected chi connectivity index (χ1v) is 8.87. The summed E-state index contributed by atoms with van der Waals surface area (Å²) in [6, 6.07) is 5.97. The SMILES string of the molecule is C[C@@H]1C[C@H](C)CN(C(=O)CCCc2nc(-c3ccc(F)cc3)no2)C1. The molecular weight excluding hydrogens is 321 g/mol. The Balaban J connectivity index is 1.49. The molecule has 1 saturated heterocycles. The number of hydrogen-bond acceptors (Lipinski definition) is 4. The normalized spacial score (nSPS) is 20.7. The number of hydrogen-bond donors (Lipinski definition) is 0. The lowest BCUT2D eigenvalue weighted by Gasteiger charge is -2.35. The predicted octanol–water partition coefficient (Wildman–Crippen LogP) is 3.70. The van der Waals surface area contributed by atoms with Gasteiger partial charge in [0.15, 0.2) is 0 Å². The zero-order chi connectivity index (χ0) is 17.8. The summed E-state index contributed by atoms with van der Waals surface area (Å²) in [7, 11) is 0. The number of piperidine rings is 1. The molecule has 2 aromatic rings. The molecule has 1 aliphatic heterocycles. The number of likely N-dealkylation sites (tertiary alicyclic amines) is 1. The van der Waals surface area contributed by atoms with E-state index in [1.165, 1.54) is 18.6 Å². The average Bonchev–Trinajstić information content (AvgIpc) is 3.03. The van der Waals surface area contributed by atoms with Gasteiger partial charge in [0.1, 0.15) is 5.82 Å². The number of aryl methyl sites for hydroxylation is 1. The molecule has 5 nitrogen and oxygen atoms in total. The molecule has 0 spiro atoms. The highest BCUT2D eigenvalue weighted by Gasteiger charge is 2.25. The highest BCUT2D eigenvalue weighted by atomic mass is 19.1. The molecule has 0 bridgehead atoms. The molecule has 0 unspecified atom stereocenters. The van der Waals surface area contributed by atoms with Gasteiger partial charge in [-0.1, -0.05) is 19.0 Å². The van der Waals surface area contributed by atoms with Crippen molar-refractivity contribution in [2.24, 2.45) is 11.8 Å². The second kappa shape index (κ2) is 7.76. The first-order valence-electron chi connectivity index (χ1n) is 8.87. The summed E-state index contributed by atoms with van der Waals surface area (Å²) in [6.07, 6.45) is 2.94. The maximum Gasteiger partial charge on any atom is 0.226 e. The minimum absolute atomic E-state index is 0.205. The van der Waals surface area contributed by atoms with Gasteiger partial charge >= 0.3 is 0 Å². The number of rotatable bonds is 5. The van der Waals surface area contributed by atoms with Crippen LogP contribution in [0.5, 0.6) is 0 Å². The fraction of sp³-hybridized carbons (Fsp3) is 0.526. The van der Waals surface area contributed by atoms with Gasteiger partial charge in [-0.05, 0) is 48.9 Å². The van der Waals surface area contributed by atoms with Gasteiger partial charge in [0.25, 0.3) is 0 Å². The van der Waals surface area contributed by atoms with E-state index in [2.05, 4.69) is 24.0 Å². The molecule has 0 N–H and O–H groups in total. The summed E-state index contributed by atoms with van der Waals surface area (Å²) in [4.78, 5) is 18.7. The molecule has 2 atom stereocenters. The van der Waals surface area contributed by atoms with E-state index in [1.807, 2.05) is 4.90 Å². The largest absolute Gasteiger partial charge is 0.342 e. The van der Waals surface area contributed by atoms with Crippen molar-refractivity contribution in [2.75, 3.05) is 13.1 Å². The molecule has 0 saturated carbocycles. The zero-order valence-corrected chi connectivity index (χ0v) is 14.7. The Morgan fingerprint density at radius 1 is 1.24 bits per heavy atom. The van der Waals surface area contributed by atoms with Crippen molar-refractivity contribution in [1.29, 1.82) is 0 Å². The maximum atomic E-state index is 13.0. The van der Waals surface area contributed by atoms with Gasteiger partial charge in [0.05, 0.1) is 0 Å². The topological polar surface area (TPSA) is 59.2 Å². The number of carbonyl (C=O) groups is 1. The lowest BCUT2D eigenvalue weighted by Crippen LogP contribution is -2.42. The van der Waals surface area contributed by atoms with Crippen molar-refractivity contribution in [3.8, 4) is 11.4 Å². The zero-order valence-electron chi connectivity index (χ0n) is 14.7. The second-order valence-corrected chi connectivity index (χ2v) is 7.12.